The minimum Gasteiger partial charge on any atom is -0.497 e. The Hall–Kier alpha value is -2.60. The molecular formula is C22H25N2O3S+. The summed E-state index contributed by atoms with van der Waals surface area (Å²) in [6.07, 6.45) is 4.90. The first-order valence-electron chi connectivity index (χ1n) is 9.61. The predicted octanol–water partition coefficient (Wildman–Crippen LogP) is 3.87. The first kappa shape index (κ1) is 18.7. The average molecular weight is 398 g/mol. The number of sulfone groups is 1. The van der Waals surface area contributed by atoms with Gasteiger partial charge in [-0.25, -0.2) is 13.4 Å². The van der Waals surface area contributed by atoms with Gasteiger partial charge in [0.2, 0.25) is 15.4 Å². The van der Waals surface area contributed by atoms with Crippen LogP contribution < -0.4 is 14.6 Å². The highest BCUT2D eigenvalue weighted by Crippen LogP contribution is 2.38. The van der Waals surface area contributed by atoms with E-state index in [1.54, 1.807) is 37.6 Å². The molecule has 1 saturated heterocycles. The lowest BCUT2D eigenvalue weighted by atomic mass is 10.0. The smallest absolute Gasteiger partial charge is 0.214 e. The Bertz CT molecular complexity index is 1100. The Morgan fingerprint density at radius 2 is 1.89 bits per heavy atom. The van der Waals surface area contributed by atoms with Gasteiger partial charge < -0.3 is 9.64 Å². The number of aromatic nitrogens is 1. The van der Waals surface area contributed by atoms with Crippen molar-refractivity contribution < 1.29 is 18.1 Å². The molecule has 0 saturated carbocycles. The number of pyridine rings is 1. The van der Waals surface area contributed by atoms with Crippen molar-refractivity contribution in [1.29, 1.82) is 0 Å². The van der Waals surface area contributed by atoms with Crippen molar-refractivity contribution in [2.75, 3.05) is 18.6 Å². The molecule has 1 atom stereocenters. The quantitative estimate of drug-likeness (QED) is 0.670. The van der Waals surface area contributed by atoms with Gasteiger partial charge in [0, 0.05) is 18.7 Å². The Balaban J connectivity index is 2.02. The molecule has 6 heteroatoms. The molecule has 28 heavy (non-hydrogen) atoms. The number of nitrogens with one attached hydrogen (secondary N) is 1. The fourth-order valence-electron chi connectivity index (χ4n) is 3.97. The summed E-state index contributed by atoms with van der Waals surface area (Å²) in [5.74, 6) is 0.709. The van der Waals surface area contributed by atoms with Gasteiger partial charge in [-0.1, -0.05) is 18.2 Å². The van der Waals surface area contributed by atoms with Crippen LogP contribution in [0.1, 0.15) is 26.2 Å². The van der Waals surface area contributed by atoms with Crippen molar-refractivity contribution >= 4 is 26.4 Å². The molecule has 2 heterocycles. The van der Waals surface area contributed by atoms with E-state index in [1.165, 1.54) is 6.42 Å². The van der Waals surface area contributed by atoms with Gasteiger partial charge in [0.25, 0.3) is 0 Å². The summed E-state index contributed by atoms with van der Waals surface area (Å²) in [7, 11) is -2.04. The number of methoxy groups -OCH3 is 1. The molecule has 4 rings (SSSR count). The van der Waals surface area contributed by atoms with E-state index < -0.39 is 9.84 Å². The molecule has 2 aromatic carbocycles. The average Bonchev–Trinajstić information content (AvgIpc) is 2.73. The number of hydrogen-bond donors (Lipinski definition) is 0. The van der Waals surface area contributed by atoms with E-state index in [1.807, 2.05) is 24.3 Å². The van der Waals surface area contributed by atoms with E-state index in [-0.39, 0.29) is 6.04 Å². The number of aromatic amines is 1. The van der Waals surface area contributed by atoms with Gasteiger partial charge in [0.1, 0.15) is 5.75 Å². The maximum Gasteiger partial charge on any atom is 0.214 e. The van der Waals surface area contributed by atoms with Crippen molar-refractivity contribution in [2.45, 2.75) is 42.0 Å². The van der Waals surface area contributed by atoms with Crippen molar-refractivity contribution in [1.82, 2.24) is 0 Å². The van der Waals surface area contributed by atoms with E-state index in [0.717, 1.165) is 36.0 Å². The topological polar surface area (TPSA) is 60.8 Å². The van der Waals surface area contributed by atoms with Crippen LogP contribution in [0.5, 0.6) is 5.75 Å². The van der Waals surface area contributed by atoms with Crippen LogP contribution in [0.25, 0.3) is 10.9 Å². The zero-order chi connectivity index (χ0) is 19.7. The van der Waals surface area contributed by atoms with Crippen LogP contribution in [-0.4, -0.2) is 28.1 Å². The number of anilines is 1. The summed E-state index contributed by atoms with van der Waals surface area (Å²) < 4.78 is 32.5. The summed E-state index contributed by atoms with van der Waals surface area (Å²) in [5, 5.41) is 0.866. The molecule has 0 unspecified atom stereocenters. The summed E-state index contributed by atoms with van der Waals surface area (Å²) in [6, 6.07) is 14.6. The Labute approximate surface area is 165 Å². The number of fused-ring (bicyclic) bond motifs is 1. The second kappa shape index (κ2) is 7.43. The highest BCUT2D eigenvalue weighted by atomic mass is 32.2. The van der Waals surface area contributed by atoms with E-state index >= 15 is 0 Å². The lowest BCUT2D eigenvalue weighted by Crippen LogP contribution is -2.38. The second-order valence-electron chi connectivity index (χ2n) is 7.27. The molecule has 0 amide bonds. The van der Waals surface area contributed by atoms with Crippen molar-refractivity contribution in [3.05, 3.63) is 54.7 Å². The fourth-order valence-corrected chi connectivity index (χ4v) is 5.44. The molecule has 1 aliphatic rings. The summed E-state index contributed by atoms with van der Waals surface area (Å²) in [6.45, 7) is 3.01. The normalized spacial score (nSPS) is 17.6. The SMILES string of the molecule is COc1ccc2[nH+]cc(S(=O)(=O)c3ccccc3)c(N3CCCC[C@H]3C)c2c1. The summed E-state index contributed by atoms with van der Waals surface area (Å²) >= 11 is 0. The van der Waals surface area contributed by atoms with Crippen molar-refractivity contribution in [3.63, 3.8) is 0 Å². The van der Waals surface area contributed by atoms with Crippen LogP contribution in [0, 0.1) is 0 Å². The number of benzene rings is 2. The van der Waals surface area contributed by atoms with Crippen LogP contribution in [0.15, 0.2) is 64.5 Å². The van der Waals surface area contributed by atoms with E-state index in [0.29, 0.717) is 15.5 Å². The van der Waals surface area contributed by atoms with Crippen molar-refractivity contribution in [3.8, 4) is 5.75 Å². The van der Waals surface area contributed by atoms with Gasteiger partial charge in [0.05, 0.1) is 23.1 Å². The number of ether oxygens (including phenoxy) is 1. The van der Waals surface area contributed by atoms with Crippen molar-refractivity contribution in [2.24, 2.45) is 0 Å². The number of rotatable bonds is 4. The lowest BCUT2D eigenvalue weighted by Gasteiger charge is -2.36. The summed E-state index contributed by atoms with van der Waals surface area (Å²) in [5.41, 5.74) is 1.66. The first-order valence-corrected chi connectivity index (χ1v) is 11.1. The van der Waals surface area contributed by atoms with Gasteiger partial charge in [-0.3, -0.25) is 0 Å². The van der Waals surface area contributed by atoms with Crippen LogP contribution in [-0.2, 0) is 9.84 Å². The zero-order valence-corrected chi connectivity index (χ0v) is 17.0. The molecule has 0 radical (unpaired) electrons. The van der Waals surface area contributed by atoms with Gasteiger partial charge in [0.15, 0.2) is 11.1 Å². The first-order chi connectivity index (χ1) is 13.5. The van der Waals surface area contributed by atoms with Gasteiger partial charge in [-0.15, -0.1) is 0 Å². The van der Waals surface area contributed by atoms with Gasteiger partial charge in [-0.2, -0.15) is 0 Å². The molecule has 0 bridgehead atoms. The molecule has 146 valence electrons. The molecule has 1 aromatic heterocycles. The number of hydrogen-bond acceptors (Lipinski definition) is 4. The maximum absolute atomic E-state index is 13.5. The monoisotopic (exact) mass is 397 g/mol. The highest BCUT2D eigenvalue weighted by molar-refractivity contribution is 7.91. The van der Waals surface area contributed by atoms with Gasteiger partial charge >= 0.3 is 0 Å². The van der Waals surface area contributed by atoms with Crippen LogP contribution in [0.2, 0.25) is 0 Å². The fraction of sp³-hybridized carbons (Fsp3) is 0.318. The molecule has 0 spiro atoms. The van der Waals surface area contributed by atoms with E-state index in [2.05, 4.69) is 16.8 Å². The van der Waals surface area contributed by atoms with E-state index in [9.17, 15) is 8.42 Å². The molecule has 0 aliphatic carbocycles. The van der Waals surface area contributed by atoms with Crippen LogP contribution in [0.4, 0.5) is 5.69 Å². The third-order valence-corrected chi connectivity index (χ3v) is 7.29. The molecule has 5 nitrogen and oxygen atoms in total. The number of piperidine rings is 1. The number of nitrogens with zero attached hydrogens (tertiary/aromatic N) is 1. The Morgan fingerprint density at radius 1 is 1.11 bits per heavy atom. The molecular weight excluding hydrogens is 372 g/mol. The largest absolute Gasteiger partial charge is 0.497 e. The van der Waals surface area contributed by atoms with Crippen LogP contribution >= 0.6 is 0 Å². The summed E-state index contributed by atoms with van der Waals surface area (Å²) in [4.78, 5) is 6.04. The standard InChI is InChI=1S/C22H24N2O3S/c1-16-8-6-7-13-24(16)22-19-14-17(27-2)11-12-20(19)23-15-21(22)28(25,26)18-9-4-3-5-10-18/h3-5,9-12,14-16H,6-8,13H2,1-2H3/p+1/t16-/m1/s1. The minimum absolute atomic E-state index is 0.273. The Kier molecular flexibility index (Phi) is 4.98. The third kappa shape index (κ3) is 3.22. The molecule has 1 N–H and O–H groups in total. The van der Waals surface area contributed by atoms with Gasteiger partial charge in [-0.05, 0) is 50.5 Å². The highest BCUT2D eigenvalue weighted by Gasteiger charge is 2.32. The Morgan fingerprint density at radius 3 is 2.61 bits per heavy atom. The number of H-pyrrole nitrogens is 1. The minimum atomic E-state index is -3.67. The van der Waals surface area contributed by atoms with E-state index in [4.69, 9.17) is 4.74 Å². The molecule has 3 aromatic rings. The lowest BCUT2D eigenvalue weighted by molar-refractivity contribution is -0.347. The zero-order valence-electron chi connectivity index (χ0n) is 16.2. The maximum atomic E-state index is 13.5. The third-order valence-electron chi connectivity index (χ3n) is 5.51. The predicted molar refractivity (Wildman–Crippen MR) is 110 cm³/mol. The molecule has 1 aliphatic heterocycles. The van der Waals surface area contributed by atoms with Crippen LogP contribution in [0.3, 0.4) is 0 Å². The molecule has 1 fully saturated rings. The second-order valence-corrected chi connectivity index (χ2v) is 9.19.